The standard InChI is InChI=1S/C19H22N2O4/c1-3-12-15-10-9-25-17(16(15)22)19(8-13(10)20-12)11-6-4-5-7-14(11)21(24-2)18(19)23/h4-7,10,13,15-17,22H,3,8-9H2,1-2H3/t10?,13?,15?,16?,17?,19-/m0/s1. The number of benzene rings is 1. The highest BCUT2D eigenvalue weighted by molar-refractivity contribution is 6.07. The Labute approximate surface area is 146 Å². The van der Waals surface area contributed by atoms with Gasteiger partial charge in [0.1, 0.15) is 11.5 Å². The quantitative estimate of drug-likeness (QED) is 0.883. The molecule has 1 aromatic rings. The summed E-state index contributed by atoms with van der Waals surface area (Å²) in [6.45, 7) is 2.63. The first kappa shape index (κ1) is 15.5. The number of aliphatic imine (C=N–C) groups is 1. The van der Waals surface area contributed by atoms with Crippen LogP contribution in [-0.4, -0.2) is 48.7 Å². The van der Waals surface area contributed by atoms with E-state index < -0.39 is 17.6 Å². The molecule has 1 N–H and O–H groups in total. The molecule has 0 radical (unpaired) electrons. The number of carbonyl (C=O) groups excluding carboxylic acids is 1. The first-order chi connectivity index (χ1) is 12.1. The number of para-hydroxylation sites is 1. The number of fused-ring (bicyclic) bond motifs is 2. The van der Waals surface area contributed by atoms with Crippen molar-refractivity contribution in [3.63, 3.8) is 0 Å². The van der Waals surface area contributed by atoms with Gasteiger partial charge < -0.3 is 9.84 Å². The first-order valence-electron chi connectivity index (χ1n) is 8.98. The lowest BCUT2D eigenvalue weighted by molar-refractivity contribution is -0.152. The van der Waals surface area contributed by atoms with Crippen LogP contribution in [0, 0.1) is 11.8 Å². The molecule has 2 saturated heterocycles. The summed E-state index contributed by atoms with van der Waals surface area (Å²) in [5.74, 6) is 0.0171. The summed E-state index contributed by atoms with van der Waals surface area (Å²) in [6.07, 6.45) is 0.113. The van der Waals surface area contributed by atoms with Crippen molar-refractivity contribution in [3.8, 4) is 0 Å². The molecule has 5 unspecified atom stereocenters. The molecule has 4 heterocycles. The van der Waals surface area contributed by atoms with Gasteiger partial charge in [0.2, 0.25) is 0 Å². The van der Waals surface area contributed by atoms with Gasteiger partial charge in [-0.05, 0) is 24.5 Å². The number of rotatable bonds is 2. The third kappa shape index (κ3) is 1.70. The summed E-state index contributed by atoms with van der Waals surface area (Å²) in [7, 11) is 1.50. The van der Waals surface area contributed by atoms with Gasteiger partial charge in [-0.3, -0.25) is 14.6 Å². The number of anilines is 1. The molecule has 0 aromatic heterocycles. The van der Waals surface area contributed by atoms with E-state index in [9.17, 15) is 9.90 Å². The van der Waals surface area contributed by atoms with Gasteiger partial charge in [-0.15, -0.1) is 0 Å². The maximum atomic E-state index is 13.4. The third-order valence-corrected chi connectivity index (χ3v) is 6.55. The number of hydroxylamine groups is 1. The number of hydrogen-bond donors (Lipinski definition) is 1. The largest absolute Gasteiger partial charge is 0.390 e. The Morgan fingerprint density at radius 1 is 1.44 bits per heavy atom. The Bertz CT molecular complexity index is 778. The summed E-state index contributed by atoms with van der Waals surface area (Å²) < 4.78 is 6.12. The van der Waals surface area contributed by atoms with Crippen molar-refractivity contribution in [1.29, 1.82) is 0 Å². The van der Waals surface area contributed by atoms with E-state index in [4.69, 9.17) is 14.6 Å². The Kier molecular flexibility index (Phi) is 3.18. The zero-order valence-electron chi connectivity index (χ0n) is 14.4. The topological polar surface area (TPSA) is 71.4 Å². The van der Waals surface area contributed by atoms with Crippen LogP contribution in [0.5, 0.6) is 0 Å². The fourth-order valence-corrected chi connectivity index (χ4v) is 5.54. The Balaban J connectivity index is 1.73. The second-order valence-electron chi connectivity index (χ2n) is 7.45. The monoisotopic (exact) mass is 342 g/mol. The normalized spacial score (nSPS) is 41.2. The van der Waals surface area contributed by atoms with Crippen LogP contribution in [0.3, 0.4) is 0 Å². The lowest BCUT2D eigenvalue weighted by Gasteiger charge is -2.42. The highest BCUT2D eigenvalue weighted by atomic mass is 16.7. The SMILES string of the molecule is CCC1=NC2C[C@@]3(C(=O)N(OC)c4ccccc43)C3OCC2C1C3O. The van der Waals surface area contributed by atoms with Crippen LogP contribution in [0.4, 0.5) is 5.69 Å². The molecule has 1 amide bonds. The van der Waals surface area contributed by atoms with E-state index in [0.717, 1.165) is 23.4 Å². The van der Waals surface area contributed by atoms with Crippen molar-refractivity contribution < 1.29 is 19.5 Å². The Hall–Kier alpha value is -1.76. The van der Waals surface area contributed by atoms with Crippen molar-refractivity contribution in [2.24, 2.45) is 16.8 Å². The number of aliphatic hydroxyl groups is 1. The molecule has 1 aromatic carbocycles. The van der Waals surface area contributed by atoms with Gasteiger partial charge in [-0.2, -0.15) is 5.06 Å². The molecule has 1 saturated carbocycles. The van der Waals surface area contributed by atoms with Crippen molar-refractivity contribution >= 4 is 17.3 Å². The van der Waals surface area contributed by atoms with E-state index in [0.29, 0.717) is 13.0 Å². The molecule has 25 heavy (non-hydrogen) atoms. The van der Waals surface area contributed by atoms with Crippen LogP contribution in [0.25, 0.3) is 0 Å². The second kappa shape index (κ2) is 5.13. The molecule has 6 heteroatoms. The summed E-state index contributed by atoms with van der Waals surface area (Å²) in [5, 5.41) is 12.5. The first-order valence-corrected chi connectivity index (χ1v) is 8.98. The van der Waals surface area contributed by atoms with Crippen molar-refractivity contribution in [2.45, 2.75) is 43.4 Å². The molecule has 6 atom stereocenters. The second-order valence-corrected chi connectivity index (χ2v) is 7.45. The van der Waals surface area contributed by atoms with Crippen LogP contribution in [0.1, 0.15) is 25.3 Å². The smallest absolute Gasteiger partial charge is 0.264 e. The van der Waals surface area contributed by atoms with Gasteiger partial charge in [0, 0.05) is 17.5 Å². The molecule has 6 rings (SSSR count). The van der Waals surface area contributed by atoms with Crippen LogP contribution < -0.4 is 5.06 Å². The van der Waals surface area contributed by atoms with Gasteiger partial charge >= 0.3 is 0 Å². The van der Waals surface area contributed by atoms with E-state index in [1.54, 1.807) is 0 Å². The number of ether oxygens (including phenoxy) is 1. The van der Waals surface area contributed by atoms with Crippen molar-refractivity contribution in [1.82, 2.24) is 0 Å². The molecule has 132 valence electrons. The van der Waals surface area contributed by atoms with Gasteiger partial charge in [-0.25, -0.2) is 0 Å². The maximum absolute atomic E-state index is 13.4. The molecular formula is C19H22N2O4. The zero-order valence-corrected chi connectivity index (χ0v) is 14.4. The highest BCUT2D eigenvalue weighted by Crippen LogP contribution is 2.56. The highest BCUT2D eigenvalue weighted by Gasteiger charge is 2.67. The van der Waals surface area contributed by atoms with Crippen LogP contribution in [-0.2, 0) is 19.8 Å². The fourth-order valence-electron chi connectivity index (χ4n) is 5.54. The molecule has 1 aliphatic carbocycles. The van der Waals surface area contributed by atoms with Crippen LogP contribution in [0.2, 0.25) is 0 Å². The summed E-state index contributed by atoms with van der Waals surface area (Å²) >= 11 is 0. The summed E-state index contributed by atoms with van der Waals surface area (Å²) in [6, 6.07) is 7.67. The Morgan fingerprint density at radius 2 is 2.24 bits per heavy atom. The van der Waals surface area contributed by atoms with Gasteiger partial charge in [0.25, 0.3) is 5.91 Å². The van der Waals surface area contributed by atoms with Gasteiger partial charge in [-0.1, -0.05) is 25.1 Å². The minimum Gasteiger partial charge on any atom is -0.390 e. The van der Waals surface area contributed by atoms with Crippen molar-refractivity contribution in [2.75, 3.05) is 18.8 Å². The summed E-state index contributed by atoms with van der Waals surface area (Å²) in [4.78, 5) is 23.7. The van der Waals surface area contributed by atoms with Crippen molar-refractivity contribution in [3.05, 3.63) is 29.8 Å². The van der Waals surface area contributed by atoms with E-state index >= 15 is 0 Å². The minimum atomic E-state index is -0.928. The molecule has 4 bridgehead atoms. The van der Waals surface area contributed by atoms with E-state index in [1.165, 1.54) is 12.2 Å². The van der Waals surface area contributed by atoms with Crippen LogP contribution >= 0.6 is 0 Å². The van der Waals surface area contributed by atoms with Gasteiger partial charge in [0.15, 0.2) is 0 Å². The minimum absolute atomic E-state index is 0.00434. The fraction of sp³-hybridized carbons (Fsp3) is 0.579. The lowest BCUT2D eigenvalue weighted by atomic mass is 9.70. The average Bonchev–Trinajstić information content (AvgIpc) is 3.00. The van der Waals surface area contributed by atoms with Crippen LogP contribution in [0.15, 0.2) is 29.3 Å². The molecule has 1 spiro atoms. The molecule has 6 nitrogen and oxygen atoms in total. The number of aliphatic hydroxyl groups excluding tert-OH is 1. The molecular weight excluding hydrogens is 320 g/mol. The average molecular weight is 342 g/mol. The number of carbonyl (C=O) groups is 1. The zero-order chi connectivity index (χ0) is 17.3. The maximum Gasteiger partial charge on any atom is 0.264 e. The molecule has 3 fully saturated rings. The summed E-state index contributed by atoms with van der Waals surface area (Å²) in [5.41, 5.74) is 1.77. The Morgan fingerprint density at radius 3 is 3.00 bits per heavy atom. The molecule has 4 aliphatic heterocycles. The van der Waals surface area contributed by atoms with E-state index in [-0.39, 0.29) is 23.8 Å². The van der Waals surface area contributed by atoms with E-state index in [2.05, 4.69) is 6.92 Å². The number of nitrogens with zero attached hydrogens (tertiary/aromatic N) is 2. The number of amides is 1. The predicted molar refractivity (Wildman–Crippen MR) is 91.5 cm³/mol. The number of hydrogen-bond acceptors (Lipinski definition) is 5. The van der Waals surface area contributed by atoms with E-state index in [1.807, 2.05) is 24.3 Å². The predicted octanol–water partition coefficient (Wildman–Crippen LogP) is 1.46. The third-order valence-electron chi connectivity index (χ3n) is 6.55. The van der Waals surface area contributed by atoms with Gasteiger partial charge in [0.05, 0.1) is 31.5 Å². The lowest BCUT2D eigenvalue weighted by Crippen LogP contribution is -2.58. The molecule has 5 aliphatic rings.